The molecule has 0 aliphatic carbocycles. The first-order valence-electron chi connectivity index (χ1n) is 7.09. The van der Waals surface area contributed by atoms with Crippen LogP contribution in [0.4, 0.5) is 0 Å². The number of hydrogen-bond donors (Lipinski definition) is 1. The van der Waals surface area contributed by atoms with Gasteiger partial charge < -0.3 is 10.2 Å². The van der Waals surface area contributed by atoms with Crippen LogP contribution in [-0.2, 0) is 0 Å². The molecule has 22 heavy (non-hydrogen) atoms. The van der Waals surface area contributed by atoms with Gasteiger partial charge in [-0.1, -0.05) is 11.6 Å². The van der Waals surface area contributed by atoms with Crippen molar-refractivity contribution >= 4 is 42.3 Å². The van der Waals surface area contributed by atoms with Crippen molar-refractivity contribution in [3.63, 3.8) is 0 Å². The Morgan fingerprint density at radius 1 is 1.23 bits per heavy atom. The molecule has 0 spiro atoms. The zero-order valence-corrected chi connectivity index (χ0v) is 14.6. The highest BCUT2D eigenvalue weighted by Crippen LogP contribution is 2.18. The summed E-state index contributed by atoms with van der Waals surface area (Å²) in [6.07, 6.45) is 2.58. The minimum atomic E-state index is 0. The van der Waals surface area contributed by atoms with Gasteiger partial charge in [0.15, 0.2) is 0 Å². The number of hydrogen-bond acceptors (Lipinski definition) is 4. The molecule has 1 N–H and O–H groups in total. The number of likely N-dealkylation sites (tertiary alicyclic amines) is 1. The molecule has 5 nitrogen and oxygen atoms in total. The number of rotatable bonds is 2. The van der Waals surface area contributed by atoms with Crippen LogP contribution < -0.4 is 5.32 Å². The first kappa shape index (κ1) is 19.5. The molecule has 1 aromatic heterocycles. The Balaban J connectivity index is 0.00000121. The van der Waals surface area contributed by atoms with Crippen LogP contribution in [0.5, 0.6) is 0 Å². The average Bonchev–Trinajstić information content (AvgIpc) is 2.98. The van der Waals surface area contributed by atoms with Crippen molar-refractivity contribution < 1.29 is 4.79 Å². The fourth-order valence-electron chi connectivity index (χ4n) is 2.94. The summed E-state index contributed by atoms with van der Waals surface area (Å²) in [6.45, 7) is 5.87. The van der Waals surface area contributed by atoms with E-state index in [1.165, 1.54) is 6.20 Å². The van der Waals surface area contributed by atoms with Crippen LogP contribution in [0.2, 0.25) is 5.02 Å². The van der Waals surface area contributed by atoms with E-state index in [0.717, 1.165) is 45.7 Å². The number of carbonyl (C=O) groups excluding carboxylic acids is 1. The molecule has 3 rings (SSSR count). The van der Waals surface area contributed by atoms with Crippen molar-refractivity contribution in [1.29, 1.82) is 0 Å². The number of nitrogens with zero attached hydrogens (tertiary/aromatic N) is 3. The molecule has 1 amide bonds. The zero-order valence-electron chi connectivity index (χ0n) is 12.2. The summed E-state index contributed by atoms with van der Waals surface area (Å²) in [7, 11) is 0. The molecule has 1 atom stereocenters. The largest absolute Gasteiger partial charge is 0.336 e. The minimum absolute atomic E-state index is 0. The molecule has 1 aromatic rings. The van der Waals surface area contributed by atoms with Crippen LogP contribution in [0.1, 0.15) is 16.9 Å². The zero-order chi connectivity index (χ0) is 13.9. The van der Waals surface area contributed by atoms with Crippen molar-refractivity contribution in [3.05, 3.63) is 29.0 Å². The second-order valence-electron chi connectivity index (χ2n) is 5.34. The highest BCUT2D eigenvalue weighted by Gasteiger charge is 2.31. The first-order valence-corrected chi connectivity index (χ1v) is 7.47. The highest BCUT2D eigenvalue weighted by molar-refractivity contribution is 6.30. The monoisotopic (exact) mass is 366 g/mol. The van der Waals surface area contributed by atoms with Gasteiger partial charge in [-0.2, -0.15) is 0 Å². The Bertz CT molecular complexity index is 479. The van der Waals surface area contributed by atoms with Gasteiger partial charge in [0.25, 0.3) is 5.91 Å². The van der Waals surface area contributed by atoms with E-state index in [1.807, 2.05) is 4.90 Å². The number of piperazine rings is 1. The lowest BCUT2D eigenvalue weighted by Gasteiger charge is -2.32. The molecule has 0 radical (unpaired) electrons. The molecule has 8 heteroatoms. The molecule has 3 heterocycles. The smallest absolute Gasteiger partial charge is 0.272 e. The van der Waals surface area contributed by atoms with Gasteiger partial charge in [0.1, 0.15) is 5.69 Å². The summed E-state index contributed by atoms with van der Waals surface area (Å²) in [5.41, 5.74) is 0.482. The quantitative estimate of drug-likeness (QED) is 0.864. The summed E-state index contributed by atoms with van der Waals surface area (Å²) in [4.78, 5) is 20.9. The molecule has 2 saturated heterocycles. The van der Waals surface area contributed by atoms with E-state index in [4.69, 9.17) is 11.6 Å². The number of nitrogens with one attached hydrogen (secondary N) is 1. The summed E-state index contributed by atoms with van der Waals surface area (Å²) in [5.74, 6) is 0.0132. The molecule has 1 unspecified atom stereocenters. The Kier molecular flexibility index (Phi) is 7.86. The summed E-state index contributed by atoms with van der Waals surface area (Å²) < 4.78 is 0. The van der Waals surface area contributed by atoms with E-state index in [9.17, 15) is 4.79 Å². The Morgan fingerprint density at radius 2 is 1.95 bits per heavy atom. The van der Waals surface area contributed by atoms with E-state index < -0.39 is 0 Å². The Morgan fingerprint density at radius 3 is 2.59 bits per heavy atom. The highest BCUT2D eigenvalue weighted by atomic mass is 35.5. The van der Waals surface area contributed by atoms with Crippen LogP contribution in [0.15, 0.2) is 18.3 Å². The van der Waals surface area contributed by atoms with E-state index in [2.05, 4.69) is 15.2 Å². The summed E-state index contributed by atoms with van der Waals surface area (Å²) in [5, 5.41) is 3.92. The van der Waals surface area contributed by atoms with Crippen LogP contribution in [0, 0.1) is 0 Å². The fraction of sp³-hybridized carbons (Fsp3) is 0.571. The second-order valence-corrected chi connectivity index (χ2v) is 5.78. The molecule has 0 aromatic carbocycles. The SMILES string of the molecule is Cl.Cl.O=C(c1ccc(Cl)cn1)N1CCC(N2CCNCC2)C1. The Hall–Kier alpha value is -0.590. The van der Waals surface area contributed by atoms with Crippen molar-refractivity contribution in [1.82, 2.24) is 20.1 Å². The van der Waals surface area contributed by atoms with E-state index >= 15 is 0 Å². The van der Waals surface area contributed by atoms with Crippen molar-refractivity contribution in [2.75, 3.05) is 39.3 Å². The molecule has 2 aliphatic heterocycles. The normalized spacial score (nSPS) is 21.9. The predicted molar refractivity (Wildman–Crippen MR) is 92.5 cm³/mol. The lowest BCUT2D eigenvalue weighted by molar-refractivity contribution is 0.0768. The third-order valence-corrected chi connectivity index (χ3v) is 4.29. The molecule has 2 fully saturated rings. The maximum absolute atomic E-state index is 12.4. The van der Waals surface area contributed by atoms with Gasteiger partial charge in [0.2, 0.25) is 0 Å². The maximum atomic E-state index is 12.4. The Labute approximate surface area is 148 Å². The summed E-state index contributed by atoms with van der Waals surface area (Å²) >= 11 is 5.80. The van der Waals surface area contributed by atoms with Gasteiger partial charge in [-0.05, 0) is 18.6 Å². The summed E-state index contributed by atoms with van der Waals surface area (Å²) in [6, 6.07) is 3.91. The van der Waals surface area contributed by atoms with Crippen LogP contribution in [0.25, 0.3) is 0 Å². The predicted octanol–water partition coefficient (Wildman–Crippen LogP) is 1.70. The number of amides is 1. The fourth-order valence-corrected chi connectivity index (χ4v) is 3.05. The van der Waals surface area contributed by atoms with Crippen LogP contribution in [0.3, 0.4) is 0 Å². The number of pyridine rings is 1. The van der Waals surface area contributed by atoms with Gasteiger partial charge in [-0.15, -0.1) is 24.8 Å². The average molecular weight is 368 g/mol. The van der Waals surface area contributed by atoms with Crippen molar-refractivity contribution in [2.24, 2.45) is 0 Å². The van der Waals surface area contributed by atoms with E-state index in [1.54, 1.807) is 12.1 Å². The maximum Gasteiger partial charge on any atom is 0.272 e. The molecule has 0 bridgehead atoms. The van der Waals surface area contributed by atoms with Gasteiger partial charge in [-0.3, -0.25) is 9.69 Å². The van der Waals surface area contributed by atoms with Gasteiger partial charge in [-0.25, -0.2) is 4.98 Å². The third kappa shape index (κ3) is 4.46. The minimum Gasteiger partial charge on any atom is -0.336 e. The lowest BCUT2D eigenvalue weighted by Crippen LogP contribution is -2.49. The molecule has 0 saturated carbocycles. The lowest BCUT2D eigenvalue weighted by atomic mass is 10.2. The van der Waals surface area contributed by atoms with Crippen molar-refractivity contribution in [2.45, 2.75) is 12.5 Å². The molecular weight excluding hydrogens is 347 g/mol. The van der Waals surface area contributed by atoms with Gasteiger partial charge in [0, 0.05) is 51.5 Å². The van der Waals surface area contributed by atoms with Crippen LogP contribution >= 0.6 is 36.4 Å². The topological polar surface area (TPSA) is 48.5 Å². The molecular formula is C14H21Cl3N4O. The number of halogens is 3. The number of aromatic nitrogens is 1. The van der Waals surface area contributed by atoms with Crippen LogP contribution in [-0.4, -0.2) is 66.0 Å². The van der Waals surface area contributed by atoms with Gasteiger partial charge in [0.05, 0.1) is 5.02 Å². The van der Waals surface area contributed by atoms with E-state index in [-0.39, 0.29) is 30.7 Å². The van der Waals surface area contributed by atoms with E-state index in [0.29, 0.717) is 16.8 Å². The number of carbonyl (C=O) groups is 1. The molecule has 2 aliphatic rings. The second kappa shape index (κ2) is 8.89. The van der Waals surface area contributed by atoms with Crippen molar-refractivity contribution in [3.8, 4) is 0 Å². The molecule has 124 valence electrons. The van der Waals surface area contributed by atoms with Gasteiger partial charge >= 0.3 is 0 Å². The standard InChI is InChI=1S/C14H19ClN4O.2ClH/c15-11-1-2-13(17-9-11)14(20)19-6-3-12(10-19)18-7-4-16-5-8-18;;/h1-2,9,12,16H,3-8,10H2;2*1H. The first-order chi connectivity index (χ1) is 9.74. The third-order valence-electron chi connectivity index (χ3n) is 4.07.